The maximum Gasteiger partial charge on any atom is 0.310 e. The molecule has 0 aromatic carbocycles. The Labute approximate surface area is 93.8 Å². The lowest BCUT2D eigenvalue weighted by molar-refractivity contribution is -0.144. The standard InChI is InChI=1S/C11H15N3O2/c1-16-11(15)7-2-8-3-9-10(13-6-12-9)5-14(8)4-7/h6-8H,2-5H2,1H3,(H,12,13)/t7-,8+/m0/s1. The second-order valence-corrected chi connectivity index (χ2v) is 4.57. The SMILES string of the molecule is COC(=O)[C@H]1C[C@@H]2Cc3nc[nH]c3CN2C1. The Morgan fingerprint density at radius 1 is 1.69 bits per heavy atom. The number of methoxy groups -OCH3 is 1. The minimum atomic E-state index is -0.0778. The van der Waals surface area contributed by atoms with Crippen molar-refractivity contribution < 1.29 is 9.53 Å². The van der Waals surface area contributed by atoms with Gasteiger partial charge in [-0.05, 0) is 6.42 Å². The number of rotatable bonds is 1. The summed E-state index contributed by atoms with van der Waals surface area (Å²) < 4.78 is 4.81. The van der Waals surface area contributed by atoms with Crippen molar-refractivity contribution in [1.82, 2.24) is 14.9 Å². The van der Waals surface area contributed by atoms with Gasteiger partial charge in [-0.1, -0.05) is 0 Å². The van der Waals surface area contributed by atoms with Gasteiger partial charge in [-0.2, -0.15) is 0 Å². The van der Waals surface area contributed by atoms with Gasteiger partial charge in [-0.25, -0.2) is 4.98 Å². The van der Waals surface area contributed by atoms with Crippen LogP contribution in [-0.4, -0.2) is 40.5 Å². The third kappa shape index (κ3) is 1.43. The van der Waals surface area contributed by atoms with Crippen LogP contribution in [0.1, 0.15) is 17.8 Å². The van der Waals surface area contributed by atoms with E-state index in [4.69, 9.17) is 4.74 Å². The molecule has 0 radical (unpaired) electrons. The van der Waals surface area contributed by atoms with E-state index in [0.29, 0.717) is 6.04 Å². The van der Waals surface area contributed by atoms with E-state index in [9.17, 15) is 4.79 Å². The molecular formula is C11H15N3O2. The number of esters is 1. The van der Waals surface area contributed by atoms with E-state index in [1.165, 1.54) is 12.8 Å². The number of fused-ring (bicyclic) bond motifs is 2. The number of imidazole rings is 1. The van der Waals surface area contributed by atoms with Gasteiger partial charge < -0.3 is 9.72 Å². The van der Waals surface area contributed by atoms with Crippen molar-refractivity contribution in [1.29, 1.82) is 0 Å². The van der Waals surface area contributed by atoms with E-state index in [2.05, 4.69) is 14.9 Å². The fraction of sp³-hybridized carbons (Fsp3) is 0.636. The smallest absolute Gasteiger partial charge is 0.310 e. The molecule has 3 heterocycles. The maximum atomic E-state index is 11.5. The lowest BCUT2D eigenvalue weighted by Crippen LogP contribution is -2.35. The van der Waals surface area contributed by atoms with E-state index < -0.39 is 0 Å². The van der Waals surface area contributed by atoms with Crippen LogP contribution < -0.4 is 0 Å². The highest BCUT2D eigenvalue weighted by Gasteiger charge is 2.39. The first-order valence-electron chi connectivity index (χ1n) is 5.61. The quantitative estimate of drug-likeness (QED) is 0.694. The van der Waals surface area contributed by atoms with Gasteiger partial charge in [0.1, 0.15) is 0 Å². The van der Waals surface area contributed by atoms with Crippen LogP contribution in [0.3, 0.4) is 0 Å². The molecule has 1 aromatic rings. The van der Waals surface area contributed by atoms with Gasteiger partial charge in [0.25, 0.3) is 0 Å². The van der Waals surface area contributed by atoms with E-state index in [1.807, 2.05) is 0 Å². The van der Waals surface area contributed by atoms with E-state index in [1.54, 1.807) is 6.33 Å². The molecule has 1 fully saturated rings. The zero-order valence-electron chi connectivity index (χ0n) is 9.27. The van der Waals surface area contributed by atoms with Gasteiger partial charge in [0.05, 0.1) is 30.7 Å². The summed E-state index contributed by atoms with van der Waals surface area (Å²) in [4.78, 5) is 21.3. The molecule has 0 spiro atoms. The minimum absolute atomic E-state index is 0.0407. The van der Waals surface area contributed by atoms with Crippen LogP contribution in [0.15, 0.2) is 6.33 Å². The number of H-pyrrole nitrogens is 1. The number of carbonyl (C=O) groups is 1. The van der Waals surface area contributed by atoms with Gasteiger partial charge >= 0.3 is 5.97 Å². The minimum Gasteiger partial charge on any atom is -0.469 e. The van der Waals surface area contributed by atoms with Crippen LogP contribution in [0.25, 0.3) is 0 Å². The van der Waals surface area contributed by atoms with E-state index in [0.717, 1.165) is 31.6 Å². The van der Waals surface area contributed by atoms with Gasteiger partial charge in [0.2, 0.25) is 0 Å². The van der Waals surface area contributed by atoms with Crippen molar-refractivity contribution in [3.05, 3.63) is 17.7 Å². The number of hydrogen-bond acceptors (Lipinski definition) is 4. The zero-order chi connectivity index (χ0) is 11.1. The van der Waals surface area contributed by atoms with Crippen molar-refractivity contribution in [3.63, 3.8) is 0 Å². The Morgan fingerprint density at radius 3 is 3.38 bits per heavy atom. The summed E-state index contributed by atoms with van der Waals surface area (Å²) in [5.74, 6) is -0.0370. The van der Waals surface area contributed by atoms with Crippen molar-refractivity contribution in [2.75, 3.05) is 13.7 Å². The van der Waals surface area contributed by atoms with Crippen molar-refractivity contribution in [3.8, 4) is 0 Å². The molecule has 0 aliphatic carbocycles. The summed E-state index contributed by atoms with van der Waals surface area (Å²) in [5, 5.41) is 0. The van der Waals surface area contributed by atoms with Gasteiger partial charge in [0, 0.05) is 25.6 Å². The highest BCUT2D eigenvalue weighted by atomic mass is 16.5. The molecule has 5 heteroatoms. The molecule has 2 aliphatic rings. The normalized spacial score (nSPS) is 28.6. The molecule has 0 saturated carbocycles. The van der Waals surface area contributed by atoms with Crippen LogP contribution in [-0.2, 0) is 22.5 Å². The third-order valence-corrected chi connectivity index (χ3v) is 3.66. The molecule has 1 N–H and O–H groups in total. The molecule has 5 nitrogen and oxygen atoms in total. The molecule has 0 amide bonds. The Hall–Kier alpha value is -1.36. The second kappa shape index (κ2) is 3.59. The van der Waals surface area contributed by atoms with E-state index >= 15 is 0 Å². The molecule has 2 atom stereocenters. The summed E-state index contributed by atoms with van der Waals surface area (Å²) in [6, 6.07) is 0.458. The highest BCUT2D eigenvalue weighted by molar-refractivity contribution is 5.73. The van der Waals surface area contributed by atoms with Crippen LogP contribution in [0.2, 0.25) is 0 Å². The molecule has 0 unspecified atom stereocenters. The third-order valence-electron chi connectivity index (χ3n) is 3.66. The Bertz CT molecular complexity index is 387. The predicted molar refractivity (Wildman–Crippen MR) is 56.6 cm³/mol. The molecule has 1 saturated heterocycles. The monoisotopic (exact) mass is 221 g/mol. The van der Waals surface area contributed by atoms with Crippen molar-refractivity contribution in [2.24, 2.45) is 5.92 Å². The van der Waals surface area contributed by atoms with Gasteiger partial charge in [0.15, 0.2) is 0 Å². The second-order valence-electron chi connectivity index (χ2n) is 4.57. The summed E-state index contributed by atoms with van der Waals surface area (Å²) in [6.45, 7) is 1.70. The van der Waals surface area contributed by atoms with Gasteiger partial charge in [-0.15, -0.1) is 0 Å². The lowest BCUT2D eigenvalue weighted by Gasteiger charge is -2.28. The number of aromatic amines is 1. The number of aromatic nitrogens is 2. The molecule has 86 valence electrons. The first-order chi connectivity index (χ1) is 7.78. The molecule has 3 rings (SSSR count). The van der Waals surface area contributed by atoms with Crippen molar-refractivity contribution >= 4 is 5.97 Å². The van der Waals surface area contributed by atoms with Crippen LogP contribution >= 0.6 is 0 Å². The number of nitrogens with zero attached hydrogens (tertiary/aromatic N) is 2. The average molecular weight is 221 g/mol. The molecular weight excluding hydrogens is 206 g/mol. The predicted octanol–water partition coefficient (Wildman–Crippen LogP) is 0.329. The summed E-state index contributed by atoms with van der Waals surface area (Å²) in [6.07, 6.45) is 3.61. The average Bonchev–Trinajstić information content (AvgIpc) is 2.89. The van der Waals surface area contributed by atoms with E-state index in [-0.39, 0.29) is 11.9 Å². The summed E-state index contributed by atoms with van der Waals surface area (Å²) >= 11 is 0. The van der Waals surface area contributed by atoms with Crippen LogP contribution in [0.4, 0.5) is 0 Å². The Morgan fingerprint density at radius 2 is 2.56 bits per heavy atom. The fourth-order valence-corrected chi connectivity index (χ4v) is 2.82. The number of ether oxygens (including phenoxy) is 1. The largest absolute Gasteiger partial charge is 0.469 e. The highest BCUT2D eigenvalue weighted by Crippen LogP contribution is 2.32. The zero-order valence-corrected chi connectivity index (χ0v) is 9.27. The fourth-order valence-electron chi connectivity index (χ4n) is 2.82. The van der Waals surface area contributed by atoms with Gasteiger partial charge in [-0.3, -0.25) is 9.69 Å². The Kier molecular flexibility index (Phi) is 2.21. The van der Waals surface area contributed by atoms with Crippen molar-refractivity contribution in [2.45, 2.75) is 25.4 Å². The summed E-state index contributed by atoms with van der Waals surface area (Å²) in [7, 11) is 1.46. The number of nitrogens with one attached hydrogen (secondary N) is 1. The Balaban J connectivity index is 1.76. The molecule has 0 bridgehead atoms. The van der Waals surface area contributed by atoms with Crippen LogP contribution in [0.5, 0.6) is 0 Å². The first kappa shape index (κ1) is 9.84. The molecule has 1 aromatic heterocycles. The number of carbonyl (C=O) groups excluding carboxylic acids is 1. The summed E-state index contributed by atoms with van der Waals surface area (Å²) in [5.41, 5.74) is 2.36. The first-order valence-corrected chi connectivity index (χ1v) is 5.61. The lowest BCUT2D eigenvalue weighted by atomic mass is 10.00. The topological polar surface area (TPSA) is 58.2 Å². The maximum absolute atomic E-state index is 11.5. The molecule has 2 aliphatic heterocycles. The number of hydrogen-bond donors (Lipinski definition) is 1. The molecule has 16 heavy (non-hydrogen) atoms. The van der Waals surface area contributed by atoms with Crippen LogP contribution in [0, 0.1) is 5.92 Å².